The molecule has 88 valence electrons. The molecule has 0 heterocycles. The highest BCUT2D eigenvalue weighted by Crippen LogP contribution is 2.23. The Kier molecular flexibility index (Phi) is 6.18. The van der Waals surface area contributed by atoms with E-state index >= 15 is 0 Å². The number of nitrogens with one attached hydrogen (secondary N) is 1. The first-order chi connectivity index (χ1) is 7.04. The van der Waals surface area contributed by atoms with Crippen molar-refractivity contribution in [1.82, 2.24) is 0 Å². The molecule has 1 aromatic rings. The SMILES string of the molecule is Cl.O=C(CCl)Nc1cc(C(=O)O)ccc1Cl. The number of alkyl halides is 1. The lowest BCUT2D eigenvalue weighted by Gasteiger charge is -2.06. The lowest BCUT2D eigenvalue weighted by Crippen LogP contribution is -2.13. The summed E-state index contributed by atoms with van der Waals surface area (Å²) in [6, 6.07) is 4.02. The Balaban J connectivity index is 0.00000225. The maximum absolute atomic E-state index is 11.0. The second-order valence-corrected chi connectivity index (χ2v) is 3.36. The summed E-state index contributed by atoms with van der Waals surface area (Å²) in [6.07, 6.45) is 0. The lowest BCUT2D eigenvalue weighted by atomic mass is 10.2. The van der Waals surface area contributed by atoms with Crippen molar-refractivity contribution in [2.45, 2.75) is 0 Å². The highest BCUT2D eigenvalue weighted by Gasteiger charge is 2.09. The normalized spacial score (nSPS) is 9.12. The molecule has 0 aliphatic carbocycles. The first-order valence-corrected chi connectivity index (χ1v) is 4.84. The minimum Gasteiger partial charge on any atom is -0.478 e. The van der Waals surface area contributed by atoms with E-state index in [-0.39, 0.29) is 34.6 Å². The van der Waals surface area contributed by atoms with Gasteiger partial charge in [0.2, 0.25) is 5.91 Å². The molecule has 0 aromatic heterocycles. The Labute approximate surface area is 108 Å². The van der Waals surface area contributed by atoms with Crippen LogP contribution in [0.3, 0.4) is 0 Å². The van der Waals surface area contributed by atoms with Gasteiger partial charge >= 0.3 is 5.97 Å². The maximum Gasteiger partial charge on any atom is 0.335 e. The standard InChI is InChI=1S/C9H7Cl2NO3.ClH/c10-4-8(13)12-7-3-5(9(14)15)1-2-6(7)11;/h1-3H,4H2,(H,12,13)(H,14,15);1H. The van der Waals surface area contributed by atoms with E-state index in [0.717, 1.165) is 0 Å². The minimum absolute atomic E-state index is 0. The second kappa shape index (κ2) is 6.58. The van der Waals surface area contributed by atoms with E-state index in [2.05, 4.69) is 5.32 Å². The van der Waals surface area contributed by atoms with E-state index in [0.29, 0.717) is 0 Å². The van der Waals surface area contributed by atoms with Crippen LogP contribution in [0, 0.1) is 0 Å². The predicted molar refractivity (Wildman–Crippen MR) is 65.0 cm³/mol. The summed E-state index contributed by atoms with van der Waals surface area (Å²) in [6.45, 7) is 0. The molecule has 2 N–H and O–H groups in total. The predicted octanol–water partition coefficient (Wildman–Crippen LogP) is 2.64. The fourth-order valence-electron chi connectivity index (χ4n) is 0.938. The molecule has 0 saturated heterocycles. The largest absolute Gasteiger partial charge is 0.478 e. The van der Waals surface area contributed by atoms with Crippen LogP contribution >= 0.6 is 35.6 Å². The van der Waals surface area contributed by atoms with Crippen LogP contribution in [0.1, 0.15) is 10.4 Å². The zero-order valence-electron chi connectivity index (χ0n) is 7.87. The molecule has 1 rings (SSSR count). The van der Waals surface area contributed by atoms with Crippen molar-refractivity contribution in [1.29, 1.82) is 0 Å². The van der Waals surface area contributed by atoms with Crippen LogP contribution in [0.15, 0.2) is 18.2 Å². The number of aromatic carboxylic acids is 1. The smallest absolute Gasteiger partial charge is 0.335 e. The Bertz CT molecular complexity index is 409. The summed E-state index contributed by atoms with van der Waals surface area (Å²) < 4.78 is 0. The van der Waals surface area contributed by atoms with Crippen molar-refractivity contribution in [3.8, 4) is 0 Å². The first-order valence-electron chi connectivity index (χ1n) is 3.93. The highest BCUT2D eigenvalue weighted by atomic mass is 35.5. The number of carboxylic acids is 1. The van der Waals surface area contributed by atoms with E-state index in [1.54, 1.807) is 0 Å². The van der Waals surface area contributed by atoms with Gasteiger partial charge in [0.15, 0.2) is 0 Å². The molecule has 0 spiro atoms. The molecular formula is C9H8Cl3NO3. The van der Waals surface area contributed by atoms with Crippen LogP contribution in [0.5, 0.6) is 0 Å². The minimum atomic E-state index is -1.09. The zero-order valence-corrected chi connectivity index (χ0v) is 10.2. The summed E-state index contributed by atoms with van der Waals surface area (Å²) in [7, 11) is 0. The monoisotopic (exact) mass is 283 g/mol. The number of hydrogen-bond donors (Lipinski definition) is 2. The van der Waals surface area contributed by atoms with Gasteiger partial charge in [-0.05, 0) is 18.2 Å². The Morgan fingerprint density at radius 2 is 2.00 bits per heavy atom. The fourth-order valence-corrected chi connectivity index (χ4v) is 1.17. The summed E-state index contributed by atoms with van der Waals surface area (Å²) in [5.41, 5.74) is 0.284. The number of anilines is 1. The van der Waals surface area contributed by atoms with E-state index in [9.17, 15) is 9.59 Å². The highest BCUT2D eigenvalue weighted by molar-refractivity contribution is 6.34. The van der Waals surface area contributed by atoms with Crippen LogP contribution in [0.2, 0.25) is 5.02 Å². The number of benzene rings is 1. The third kappa shape index (κ3) is 3.89. The molecule has 4 nitrogen and oxygen atoms in total. The average molecular weight is 285 g/mol. The van der Waals surface area contributed by atoms with Crippen LogP contribution in [0.4, 0.5) is 5.69 Å². The molecule has 0 unspecified atom stereocenters. The van der Waals surface area contributed by atoms with Gasteiger partial charge in [0, 0.05) is 0 Å². The maximum atomic E-state index is 11.0. The number of carbonyl (C=O) groups is 2. The van der Waals surface area contributed by atoms with Crippen molar-refractivity contribution in [2.24, 2.45) is 0 Å². The van der Waals surface area contributed by atoms with E-state index in [4.69, 9.17) is 28.3 Å². The quantitative estimate of drug-likeness (QED) is 0.839. The molecule has 0 aliphatic rings. The van der Waals surface area contributed by atoms with E-state index < -0.39 is 11.9 Å². The van der Waals surface area contributed by atoms with Crippen molar-refractivity contribution in [3.05, 3.63) is 28.8 Å². The third-order valence-corrected chi connectivity index (χ3v) is 2.18. The van der Waals surface area contributed by atoms with Gasteiger partial charge < -0.3 is 10.4 Å². The molecule has 0 aliphatic heterocycles. The molecule has 1 aromatic carbocycles. The van der Waals surface area contributed by atoms with Gasteiger partial charge in [-0.2, -0.15) is 0 Å². The average Bonchev–Trinajstić information content (AvgIpc) is 2.20. The van der Waals surface area contributed by atoms with Gasteiger partial charge in [0.1, 0.15) is 5.88 Å². The number of carboxylic acid groups (broad SMARTS) is 1. The Morgan fingerprint density at radius 1 is 1.38 bits per heavy atom. The summed E-state index contributed by atoms with van der Waals surface area (Å²) >= 11 is 11.0. The van der Waals surface area contributed by atoms with Gasteiger partial charge in [-0.3, -0.25) is 4.79 Å². The van der Waals surface area contributed by atoms with Gasteiger partial charge in [-0.15, -0.1) is 24.0 Å². The van der Waals surface area contributed by atoms with Crippen LogP contribution < -0.4 is 5.32 Å². The van der Waals surface area contributed by atoms with Crippen molar-refractivity contribution < 1.29 is 14.7 Å². The van der Waals surface area contributed by atoms with Crippen molar-refractivity contribution >= 4 is 53.2 Å². The number of carbonyl (C=O) groups excluding carboxylic acids is 1. The van der Waals surface area contributed by atoms with Crippen molar-refractivity contribution in [2.75, 3.05) is 11.2 Å². The second-order valence-electron chi connectivity index (χ2n) is 2.68. The molecule has 1 amide bonds. The summed E-state index contributed by atoms with van der Waals surface area (Å²) in [4.78, 5) is 21.6. The molecule has 0 atom stereocenters. The number of rotatable bonds is 3. The topological polar surface area (TPSA) is 66.4 Å². The Hall–Kier alpha value is -0.970. The third-order valence-electron chi connectivity index (χ3n) is 1.61. The lowest BCUT2D eigenvalue weighted by molar-refractivity contribution is -0.113. The number of halogens is 3. The molecular weight excluding hydrogens is 276 g/mol. The number of amides is 1. The van der Waals surface area contributed by atoms with Crippen LogP contribution in [0.25, 0.3) is 0 Å². The van der Waals surface area contributed by atoms with Crippen molar-refractivity contribution in [3.63, 3.8) is 0 Å². The molecule has 0 saturated carbocycles. The molecule has 0 radical (unpaired) electrons. The van der Waals surface area contributed by atoms with E-state index in [1.807, 2.05) is 0 Å². The fraction of sp³-hybridized carbons (Fsp3) is 0.111. The Morgan fingerprint density at radius 3 is 2.50 bits per heavy atom. The van der Waals surface area contributed by atoms with Gasteiger partial charge in [0.25, 0.3) is 0 Å². The van der Waals surface area contributed by atoms with Gasteiger partial charge in [-0.1, -0.05) is 11.6 Å². The molecule has 0 fully saturated rings. The summed E-state index contributed by atoms with van der Waals surface area (Å²) in [5, 5.41) is 11.4. The molecule has 0 bridgehead atoms. The molecule has 7 heteroatoms. The number of hydrogen-bond acceptors (Lipinski definition) is 2. The van der Waals surface area contributed by atoms with Crippen LogP contribution in [-0.4, -0.2) is 22.9 Å². The van der Waals surface area contributed by atoms with Gasteiger partial charge in [0.05, 0.1) is 16.3 Å². The molecule has 16 heavy (non-hydrogen) atoms. The van der Waals surface area contributed by atoms with Gasteiger partial charge in [-0.25, -0.2) is 4.79 Å². The summed E-state index contributed by atoms with van der Waals surface area (Å²) in [5.74, 6) is -1.75. The zero-order chi connectivity index (χ0) is 11.4. The first kappa shape index (κ1) is 15.0. The van der Waals surface area contributed by atoms with Crippen LogP contribution in [-0.2, 0) is 4.79 Å². The van der Waals surface area contributed by atoms with E-state index in [1.165, 1.54) is 18.2 Å².